The van der Waals surface area contributed by atoms with Crippen LogP contribution in [0, 0.1) is 11.3 Å². The molecule has 2 rings (SSSR count). The lowest BCUT2D eigenvalue weighted by atomic mass is 10.1. The molecule has 1 heterocycles. The molecule has 0 aliphatic heterocycles. The zero-order chi connectivity index (χ0) is 14.4. The number of nitrogens with zero attached hydrogens (tertiary/aromatic N) is 3. The molecular formula is C15H12N4O. The van der Waals surface area contributed by atoms with Gasteiger partial charge in [0.1, 0.15) is 0 Å². The number of hydrogen-bond donors (Lipinski definition) is 1. The number of hydrazone groups is 1. The number of aromatic nitrogens is 1. The van der Waals surface area contributed by atoms with E-state index in [1.807, 2.05) is 6.07 Å². The van der Waals surface area contributed by atoms with E-state index < -0.39 is 0 Å². The zero-order valence-corrected chi connectivity index (χ0v) is 10.9. The highest BCUT2D eigenvalue weighted by Gasteiger charge is 2.04. The summed E-state index contributed by atoms with van der Waals surface area (Å²) in [7, 11) is 0. The van der Waals surface area contributed by atoms with Gasteiger partial charge in [-0.3, -0.25) is 9.78 Å². The molecule has 1 aromatic heterocycles. The second-order valence-corrected chi connectivity index (χ2v) is 4.07. The highest BCUT2D eigenvalue weighted by atomic mass is 16.2. The van der Waals surface area contributed by atoms with Crippen LogP contribution in [0.25, 0.3) is 0 Å². The molecule has 98 valence electrons. The molecule has 0 radical (unpaired) electrons. The third-order valence-corrected chi connectivity index (χ3v) is 2.68. The Kier molecular flexibility index (Phi) is 4.20. The third-order valence-electron chi connectivity index (χ3n) is 2.68. The Bertz CT molecular complexity index is 669. The third kappa shape index (κ3) is 3.27. The van der Waals surface area contributed by atoms with E-state index in [9.17, 15) is 4.79 Å². The van der Waals surface area contributed by atoms with Gasteiger partial charge in [0.05, 0.1) is 22.9 Å². The predicted octanol–water partition coefficient (Wildman–Crippen LogP) is 2.11. The van der Waals surface area contributed by atoms with Crippen molar-refractivity contribution < 1.29 is 4.79 Å². The van der Waals surface area contributed by atoms with Crippen molar-refractivity contribution in [3.8, 4) is 6.07 Å². The molecule has 0 saturated carbocycles. The van der Waals surface area contributed by atoms with E-state index in [0.29, 0.717) is 16.8 Å². The summed E-state index contributed by atoms with van der Waals surface area (Å²) in [6.07, 6.45) is 3.07. The van der Waals surface area contributed by atoms with Crippen LogP contribution in [0.4, 0.5) is 0 Å². The molecule has 5 heteroatoms. The molecule has 0 spiro atoms. The Morgan fingerprint density at radius 1 is 1.25 bits per heavy atom. The lowest BCUT2D eigenvalue weighted by molar-refractivity contribution is 0.0954. The number of nitriles is 1. The Morgan fingerprint density at radius 2 is 2.00 bits per heavy atom. The van der Waals surface area contributed by atoms with Crippen LogP contribution in [0.1, 0.15) is 28.4 Å². The molecule has 5 nitrogen and oxygen atoms in total. The maximum absolute atomic E-state index is 11.8. The van der Waals surface area contributed by atoms with Gasteiger partial charge in [0.25, 0.3) is 5.91 Å². The van der Waals surface area contributed by atoms with Gasteiger partial charge in [-0.1, -0.05) is 12.1 Å². The van der Waals surface area contributed by atoms with Crippen molar-refractivity contribution in [3.05, 3.63) is 65.5 Å². The number of amides is 1. The summed E-state index contributed by atoms with van der Waals surface area (Å²) >= 11 is 0. The maximum Gasteiger partial charge on any atom is 0.272 e. The van der Waals surface area contributed by atoms with E-state index in [1.54, 1.807) is 49.5 Å². The van der Waals surface area contributed by atoms with E-state index >= 15 is 0 Å². The van der Waals surface area contributed by atoms with Gasteiger partial charge < -0.3 is 0 Å². The van der Waals surface area contributed by atoms with E-state index in [1.165, 1.54) is 6.20 Å². The number of hydrogen-bond acceptors (Lipinski definition) is 4. The number of carbonyl (C=O) groups excluding carboxylic acids is 1. The Morgan fingerprint density at radius 3 is 2.60 bits per heavy atom. The van der Waals surface area contributed by atoms with Crippen LogP contribution in [0.3, 0.4) is 0 Å². The van der Waals surface area contributed by atoms with Gasteiger partial charge in [-0.15, -0.1) is 0 Å². The molecule has 0 atom stereocenters. The van der Waals surface area contributed by atoms with Gasteiger partial charge in [-0.2, -0.15) is 10.4 Å². The molecule has 1 aromatic carbocycles. The number of benzene rings is 1. The average Bonchev–Trinajstić information content (AvgIpc) is 2.53. The molecule has 2 aromatic rings. The summed E-state index contributed by atoms with van der Waals surface area (Å²) in [5.74, 6) is -0.314. The molecule has 1 N–H and O–H groups in total. The second kappa shape index (κ2) is 6.25. The summed E-state index contributed by atoms with van der Waals surface area (Å²) in [4.78, 5) is 15.6. The highest BCUT2D eigenvalue weighted by molar-refractivity contribution is 6.00. The van der Waals surface area contributed by atoms with Crippen LogP contribution < -0.4 is 5.43 Å². The van der Waals surface area contributed by atoms with E-state index in [2.05, 4.69) is 15.5 Å². The van der Waals surface area contributed by atoms with Crippen LogP contribution in [0.15, 0.2) is 53.9 Å². The SMILES string of the molecule is C/C(=N/NC(=O)c1cccnc1)c1ccc(C#N)cc1. The summed E-state index contributed by atoms with van der Waals surface area (Å²) in [6, 6.07) is 12.4. The molecule has 0 aliphatic carbocycles. The zero-order valence-electron chi connectivity index (χ0n) is 10.9. The monoisotopic (exact) mass is 264 g/mol. The normalized spacial score (nSPS) is 10.7. The topological polar surface area (TPSA) is 78.1 Å². The number of carbonyl (C=O) groups is 1. The number of rotatable bonds is 3. The summed E-state index contributed by atoms with van der Waals surface area (Å²) in [5.41, 5.74) is 5.00. The fraction of sp³-hybridized carbons (Fsp3) is 0.0667. The smallest absolute Gasteiger partial charge is 0.267 e. The number of pyridine rings is 1. The van der Waals surface area contributed by atoms with Crippen molar-refractivity contribution in [1.29, 1.82) is 5.26 Å². The van der Waals surface area contributed by atoms with Gasteiger partial charge in [0.2, 0.25) is 0 Å². The lowest BCUT2D eigenvalue weighted by Gasteiger charge is -2.02. The minimum absolute atomic E-state index is 0.314. The first-order valence-corrected chi connectivity index (χ1v) is 5.96. The van der Waals surface area contributed by atoms with Crippen molar-refractivity contribution in [3.63, 3.8) is 0 Å². The van der Waals surface area contributed by atoms with Gasteiger partial charge in [0.15, 0.2) is 0 Å². The van der Waals surface area contributed by atoms with Gasteiger partial charge in [0, 0.05) is 12.4 Å². The largest absolute Gasteiger partial charge is 0.272 e. The minimum atomic E-state index is -0.314. The molecule has 0 aliphatic rings. The molecule has 0 fully saturated rings. The molecular weight excluding hydrogens is 252 g/mol. The molecule has 20 heavy (non-hydrogen) atoms. The van der Waals surface area contributed by atoms with E-state index in [-0.39, 0.29) is 5.91 Å². The molecule has 0 saturated heterocycles. The average molecular weight is 264 g/mol. The van der Waals surface area contributed by atoms with Crippen LogP contribution in [0.5, 0.6) is 0 Å². The maximum atomic E-state index is 11.8. The highest BCUT2D eigenvalue weighted by Crippen LogP contribution is 2.04. The summed E-state index contributed by atoms with van der Waals surface area (Å²) < 4.78 is 0. The first kappa shape index (κ1) is 13.4. The first-order valence-electron chi connectivity index (χ1n) is 5.96. The predicted molar refractivity (Wildman–Crippen MR) is 75.1 cm³/mol. The van der Waals surface area contributed by atoms with Crippen LogP contribution in [-0.4, -0.2) is 16.6 Å². The van der Waals surface area contributed by atoms with Crippen LogP contribution >= 0.6 is 0 Å². The van der Waals surface area contributed by atoms with Gasteiger partial charge >= 0.3 is 0 Å². The fourth-order valence-electron chi connectivity index (χ4n) is 1.55. The van der Waals surface area contributed by atoms with Crippen molar-refractivity contribution >= 4 is 11.6 Å². The Hall–Kier alpha value is -3.00. The van der Waals surface area contributed by atoms with E-state index in [4.69, 9.17) is 5.26 Å². The molecule has 0 bridgehead atoms. The van der Waals surface area contributed by atoms with Gasteiger partial charge in [-0.05, 0) is 36.8 Å². The Labute approximate surface area is 116 Å². The first-order chi connectivity index (χ1) is 9.70. The summed E-state index contributed by atoms with van der Waals surface area (Å²) in [6.45, 7) is 1.78. The molecule has 1 amide bonds. The van der Waals surface area contributed by atoms with Crippen molar-refractivity contribution in [2.75, 3.05) is 0 Å². The molecule has 0 unspecified atom stereocenters. The lowest BCUT2D eigenvalue weighted by Crippen LogP contribution is -2.19. The van der Waals surface area contributed by atoms with Gasteiger partial charge in [-0.25, -0.2) is 5.43 Å². The quantitative estimate of drug-likeness (QED) is 0.681. The van der Waals surface area contributed by atoms with Crippen molar-refractivity contribution in [2.45, 2.75) is 6.92 Å². The fourth-order valence-corrected chi connectivity index (χ4v) is 1.55. The standard InChI is InChI=1S/C15H12N4O/c1-11(13-6-4-12(9-16)5-7-13)18-19-15(20)14-3-2-8-17-10-14/h2-8,10H,1H3,(H,19,20)/b18-11-. The van der Waals surface area contributed by atoms with Crippen LogP contribution in [0.2, 0.25) is 0 Å². The van der Waals surface area contributed by atoms with Crippen molar-refractivity contribution in [1.82, 2.24) is 10.4 Å². The minimum Gasteiger partial charge on any atom is -0.267 e. The van der Waals surface area contributed by atoms with E-state index in [0.717, 1.165) is 5.56 Å². The second-order valence-electron chi connectivity index (χ2n) is 4.07. The Balaban J connectivity index is 2.07. The number of nitrogens with one attached hydrogen (secondary N) is 1. The van der Waals surface area contributed by atoms with Crippen molar-refractivity contribution in [2.24, 2.45) is 5.10 Å². The van der Waals surface area contributed by atoms with Crippen LogP contribution in [-0.2, 0) is 0 Å². The summed E-state index contributed by atoms with van der Waals surface area (Å²) in [5, 5.41) is 12.8.